The van der Waals surface area contributed by atoms with Crippen molar-refractivity contribution >= 4 is 53.8 Å². The van der Waals surface area contributed by atoms with Gasteiger partial charge in [0.15, 0.2) is 0 Å². The molecule has 0 atom stereocenters. The molecule has 0 saturated carbocycles. The second kappa shape index (κ2) is 5.35. The molecule has 70 valence electrons. The van der Waals surface area contributed by atoms with E-state index in [0.717, 1.165) is 6.07 Å². The normalized spacial score (nSPS) is 8.93. The zero-order chi connectivity index (χ0) is 10.0. The second-order valence-corrected chi connectivity index (χ2v) is 2.75. The number of hydrogen-bond donors (Lipinski definition) is 2. The fourth-order valence-corrected chi connectivity index (χ4v) is 1.02. The van der Waals surface area contributed by atoms with Gasteiger partial charge in [-0.1, -0.05) is 0 Å². The maximum atomic E-state index is 10.4. The first-order chi connectivity index (χ1) is 6.02. The summed E-state index contributed by atoms with van der Waals surface area (Å²) in [6.07, 6.45) is 0. The number of carbonyl (C=O) groups is 1. The van der Waals surface area contributed by atoms with Crippen LogP contribution in [0.4, 0.5) is 5.69 Å². The van der Waals surface area contributed by atoms with Gasteiger partial charge in [0.05, 0.1) is 15.4 Å². The molecule has 1 rings (SSSR count). The summed E-state index contributed by atoms with van der Waals surface area (Å²) in [5.41, 5.74) is -0.423. The van der Waals surface area contributed by atoms with Crippen molar-refractivity contribution in [3.05, 3.63) is 33.9 Å². The molecule has 0 saturated heterocycles. The first-order valence-electron chi connectivity index (χ1n) is 3.23. The third-order valence-electron chi connectivity index (χ3n) is 1.42. The molecule has 7 heteroatoms. The Morgan fingerprint density at radius 1 is 1.50 bits per heavy atom. The van der Waals surface area contributed by atoms with Crippen LogP contribution in [0.25, 0.3) is 0 Å². The number of aromatic carboxylic acids is 1. The maximum absolute atomic E-state index is 10.4. The number of nitro benzene ring substituents is 1. The molecule has 1 aromatic rings. The van der Waals surface area contributed by atoms with Gasteiger partial charge in [0.1, 0.15) is 0 Å². The van der Waals surface area contributed by atoms with Crippen molar-refractivity contribution in [3.8, 4) is 0 Å². The van der Waals surface area contributed by atoms with Crippen molar-refractivity contribution in [2.24, 2.45) is 0 Å². The SMILES string of the molecule is O=C(O)c1ccc(S)c([N+](=O)[O-])c1.[NaH]. The van der Waals surface area contributed by atoms with Gasteiger partial charge in [-0.05, 0) is 12.1 Å². The van der Waals surface area contributed by atoms with Crippen LogP contribution in [-0.2, 0) is 0 Å². The van der Waals surface area contributed by atoms with E-state index in [1.54, 1.807) is 0 Å². The molecule has 0 radical (unpaired) electrons. The number of nitrogens with zero attached hydrogens (tertiary/aromatic N) is 1. The molecule has 0 aliphatic carbocycles. The van der Waals surface area contributed by atoms with E-state index >= 15 is 0 Å². The van der Waals surface area contributed by atoms with Crippen LogP contribution < -0.4 is 0 Å². The standard InChI is InChI=1S/C7H5NO4S.Na.H/c9-7(10)4-1-2-6(13)5(3-4)8(11)12;;/h1-3,13H,(H,9,10);;. The van der Waals surface area contributed by atoms with Crippen molar-refractivity contribution in [2.75, 3.05) is 0 Å². The third-order valence-corrected chi connectivity index (χ3v) is 1.80. The van der Waals surface area contributed by atoms with Gasteiger partial charge in [0.25, 0.3) is 5.69 Å². The van der Waals surface area contributed by atoms with Crippen LogP contribution in [0.15, 0.2) is 23.1 Å². The number of carboxylic acid groups (broad SMARTS) is 1. The van der Waals surface area contributed by atoms with Crippen LogP contribution >= 0.6 is 12.6 Å². The van der Waals surface area contributed by atoms with E-state index in [2.05, 4.69) is 12.6 Å². The Balaban J connectivity index is 0.00000169. The zero-order valence-corrected chi connectivity index (χ0v) is 7.19. The second-order valence-electron chi connectivity index (χ2n) is 2.27. The van der Waals surface area contributed by atoms with Gasteiger partial charge in [0.2, 0.25) is 0 Å². The summed E-state index contributed by atoms with van der Waals surface area (Å²) in [5.74, 6) is -1.20. The fourth-order valence-electron chi connectivity index (χ4n) is 0.803. The van der Waals surface area contributed by atoms with Crippen molar-refractivity contribution in [1.29, 1.82) is 0 Å². The molecule has 0 bridgehead atoms. The predicted octanol–water partition coefficient (Wildman–Crippen LogP) is 0.933. The monoisotopic (exact) mass is 223 g/mol. The Morgan fingerprint density at radius 3 is 2.50 bits per heavy atom. The molecule has 0 spiro atoms. The number of nitro groups is 1. The summed E-state index contributed by atoms with van der Waals surface area (Å²) in [7, 11) is 0. The fraction of sp³-hybridized carbons (Fsp3) is 0. The van der Waals surface area contributed by atoms with Crippen LogP contribution in [0, 0.1) is 10.1 Å². The molecule has 1 N–H and O–H groups in total. The first-order valence-corrected chi connectivity index (χ1v) is 3.68. The number of hydrogen-bond acceptors (Lipinski definition) is 4. The van der Waals surface area contributed by atoms with Gasteiger partial charge in [-0.25, -0.2) is 4.79 Å². The predicted molar refractivity (Wildman–Crippen MR) is 54.5 cm³/mol. The molecule has 0 amide bonds. The van der Waals surface area contributed by atoms with E-state index in [-0.39, 0.29) is 45.7 Å². The summed E-state index contributed by atoms with van der Waals surface area (Å²) < 4.78 is 0. The summed E-state index contributed by atoms with van der Waals surface area (Å²) in [4.78, 5) is 20.3. The van der Waals surface area contributed by atoms with E-state index in [9.17, 15) is 14.9 Å². The Kier molecular flexibility index (Phi) is 5.14. The van der Waals surface area contributed by atoms with E-state index < -0.39 is 10.9 Å². The van der Waals surface area contributed by atoms with Gasteiger partial charge < -0.3 is 5.11 Å². The summed E-state index contributed by atoms with van der Waals surface area (Å²) in [6, 6.07) is 3.52. The van der Waals surface area contributed by atoms with Crippen LogP contribution in [0.3, 0.4) is 0 Å². The minimum atomic E-state index is -1.20. The van der Waals surface area contributed by atoms with Gasteiger partial charge in [0, 0.05) is 6.07 Å². The first kappa shape index (κ1) is 13.4. The quantitative estimate of drug-likeness (QED) is 0.338. The Hall–Kier alpha value is -0.560. The van der Waals surface area contributed by atoms with Crippen molar-refractivity contribution < 1.29 is 14.8 Å². The molecular weight excluding hydrogens is 217 g/mol. The average Bonchev–Trinajstić information content (AvgIpc) is 2.04. The number of benzene rings is 1. The van der Waals surface area contributed by atoms with E-state index in [1.165, 1.54) is 12.1 Å². The Bertz CT molecular complexity index is 382. The Morgan fingerprint density at radius 2 is 2.07 bits per heavy atom. The van der Waals surface area contributed by atoms with Crippen LogP contribution in [0.2, 0.25) is 0 Å². The molecular formula is C7H6NNaO4S. The van der Waals surface area contributed by atoms with Gasteiger partial charge in [-0.3, -0.25) is 10.1 Å². The summed E-state index contributed by atoms with van der Waals surface area (Å²) in [5, 5.41) is 18.9. The van der Waals surface area contributed by atoms with Gasteiger partial charge in [-0.2, -0.15) is 0 Å². The van der Waals surface area contributed by atoms with E-state index in [0.29, 0.717) is 0 Å². The van der Waals surface area contributed by atoms with Gasteiger partial charge in [-0.15, -0.1) is 12.6 Å². The van der Waals surface area contributed by atoms with Crippen molar-refractivity contribution in [3.63, 3.8) is 0 Å². The van der Waals surface area contributed by atoms with Crippen LogP contribution in [0.1, 0.15) is 10.4 Å². The minimum absolute atomic E-state index is 0. The van der Waals surface area contributed by atoms with Crippen molar-refractivity contribution in [2.45, 2.75) is 4.90 Å². The topological polar surface area (TPSA) is 80.4 Å². The molecule has 1 aromatic carbocycles. The molecule has 0 aliphatic rings. The zero-order valence-electron chi connectivity index (χ0n) is 6.30. The van der Waals surface area contributed by atoms with E-state index in [1.807, 2.05) is 0 Å². The summed E-state index contributed by atoms with van der Waals surface area (Å²) in [6.45, 7) is 0. The Labute approximate surface area is 107 Å². The molecule has 0 unspecified atom stereocenters. The molecule has 0 aliphatic heterocycles. The third kappa shape index (κ3) is 2.98. The molecule has 0 heterocycles. The molecule has 0 fully saturated rings. The number of rotatable bonds is 2. The average molecular weight is 223 g/mol. The molecule has 0 aromatic heterocycles. The molecule has 14 heavy (non-hydrogen) atoms. The number of carboxylic acids is 1. The van der Waals surface area contributed by atoms with Crippen LogP contribution in [0.5, 0.6) is 0 Å². The number of thiol groups is 1. The summed E-state index contributed by atoms with van der Waals surface area (Å²) >= 11 is 3.82. The van der Waals surface area contributed by atoms with Crippen LogP contribution in [-0.4, -0.2) is 45.6 Å². The molecule has 5 nitrogen and oxygen atoms in total. The van der Waals surface area contributed by atoms with E-state index in [4.69, 9.17) is 5.11 Å². The van der Waals surface area contributed by atoms with Crippen molar-refractivity contribution in [1.82, 2.24) is 0 Å². The van der Waals surface area contributed by atoms with Gasteiger partial charge >= 0.3 is 35.5 Å².